The molecule has 0 aromatic heterocycles. The Labute approximate surface area is 168 Å². The Morgan fingerprint density at radius 1 is 0.621 bits per heavy atom. The van der Waals surface area contributed by atoms with Crippen LogP contribution in [0.4, 0.5) is 0 Å². The molecule has 0 radical (unpaired) electrons. The number of epoxide rings is 1. The lowest BCUT2D eigenvalue weighted by Crippen LogP contribution is -2.00. The van der Waals surface area contributed by atoms with Gasteiger partial charge in [-0.05, 0) is 62.5 Å². The van der Waals surface area contributed by atoms with Crippen molar-refractivity contribution in [3.05, 3.63) is 78.4 Å². The molecule has 4 heteroatoms. The summed E-state index contributed by atoms with van der Waals surface area (Å²) in [5, 5.41) is 4.84. The Morgan fingerprint density at radius 2 is 1.21 bits per heavy atom. The molecule has 2 aliphatic heterocycles. The lowest BCUT2D eigenvalue weighted by atomic mass is 9.95. The van der Waals surface area contributed by atoms with Gasteiger partial charge in [-0.25, -0.2) is 9.78 Å². The van der Waals surface area contributed by atoms with Crippen molar-refractivity contribution < 1.29 is 19.2 Å². The Hall–Kier alpha value is -2.92. The van der Waals surface area contributed by atoms with Crippen LogP contribution in [0.2, 0.25) is 0 Å². The van der Waals surface area contributed by atoms with Crippen molar-refractivity contribution >= 4 is 21.5 Å². The van der Waals surface area contributed by atoms with Gasteiger partial charge in [0.15, 0.2) is 0 Å². The van der Waals surface area contributed by atoms with E-state index in [1.54, 1.807) is 0 Å². The molecule has 1 atom stereocenters. The van der Waals surface area contributed by atoms with Crippen LogP contribution in [-0.2, 0) is 14.5 Å². The maximum Gasteiger partial charge on any atom is 0.223 e. The first kappa shape index (κ1) is 17.0. The molecule has 0 saturated carbocycles. The van der Waals surface area contributed by atoms with Crippen molar-refractivity contribution in [2.24, 2.45) is 0 Å². The van der Waals surface area contributed by atoms with Gasteiger partial charge in [-0.2, -0.15) is 0 Å². The van der Waals surface area contributed by atoms with Gasteiger partial charge in [0.1, 0.15) is 12.4 Å². The molecule has 4 aromatic carbocycles. The van der Waals surface area contributed by atoms with E-state index >= 15 is 0 Å². The summed E-state index contributed by atoms with van der Waals surface area (Å²) in [6.45, 7) is 1.94. The van der Waals surface area contributed by atoms with E-state index in [0.29, 0.717) is 25.7 Å². The van der Waals surface area contributed by atoms with E-state index in [9.17, 15) is 0 Å². The van der Waals surface area contributed by atoms with E-state index in [-0.39, 0.29) is 6.29 Å². The Morgan fingerprint density at radius 3 is 1.90 bits per heavy atom. The van der Waals surface area contributed by atoms with Gasteiger partial charge in [0.2, 0.25) is 6.29 Å². The van der Waals surface area contributed by atoms with Crippen molar-refractivity contribution in [1.82, 2.24) is 0 Å². The molecule has 2 saturated heterocycles. The molecule has 2 aliphatic rings. The molecule has 0 N–H and O–H groups in total. The van der Waals surface area contributed by atoms with Crippen LogP contribution >= 0.6 is 0 Å². The summed E-state index contributed by atoms with van der Waals surface area (Å²) in [6.07, 6.45) is -0.0708. The zero-order valence-electron chi connectivity index (χ0n) is 15.8. The predicted octanol–water partition coefficient (Wildman–Crippen LogP) is 5.44. The summed E-state index contributed by atoms with van der Waals surface area (Å²) in [4.78, 5) is 10.1. The van der Waals surface area contributed by atoms with E-state index in [0.717, 1.165) is 5.75 Å². The standard InChI is InChI=1S/C25H20O4/c1-2-19-11-21(23-13-27-28-14-23)5-3-17(19)9-16(1)18-4-6-22-12-24(29-25-15-26-25)8-7-20(22)10-18/h1-12,23,25H,13-15H2. The molecule has 2 heterocycles. The third-order valence-corrected chi connectivity index (χ3v) is 5.67. The second kappa shape index (κ2) is 6.85. The molecule has 2 fully saturated rings. The van der Waals surface area contributed by atoms with E-state index < -0.39 is 0 Å². The van der Waals surface area contributed by atoms with Gasteiger partial charge in [0, 0.05) is 5.92 Å². The molecule has 4 nitrogen and oxygen atoms in total. The molecule has 0 amide bonds. The smallest absolute Gasteiger partial charge is 0.223 e. The van der Waals surface area contributed by atoms with Gasteiger partial charge in [-0.15, -0.1) is 0 Å². The molecule has 29 heavy (non-hydrogen) atoms. The summed E-state index contributed by atoms with van der Waals surface area (Å²) in [6, 6.07) is 26.0. The topological polar surface area (TPSA) is 40.2 Å². The first-order chi connectivity index (χ1) is 14.3. The van der Waals surface area contributed by atoms with Crippen molar-refractivity contribution in [2.75, 3.05) is 19.8 Å². The SMILES string of the molecule is c1cc2cc(-c3ccc4cc(C5COOC5)ccc4c3)ccc2cc1OC1CO1. The summed E-state index contributed by atoms with van der Waals surface area (Å²) >= 11 is 0. The number of hydrogen-bond acceptors (Lipinski definition) is 4. The van der Waals surface area contributed by atoms with Gasteiger partial charge in [0.05, 0.1) is 13.2 Å². The molecular weight excluding hydrogens is 364 g/mol. The first-order valence-electron chi connectivity index (χ1n) is 9.92. The monoisotopic (exact) mass is 384 g/mol. The third kappa shape index (κ3) is 3.36. The molecule has 1 unspecified atom stereocenters. The van der Waals surface area contributed by atoms with Gasteiger partial charge < -0.3 is 9.47 Å². The number of rotatable bonds is 4. The fourth-order valence-electron chi connectivity index (χ4n) is 3.93. The molecular formula is C25H20O4. The minimum absolute atomic E-state index is 0.0708. The third-order valence-electron chi connectivity index (χ3n) is 5.67. The summed E-state index contributed by atoms with van der Waals surface area (Å²) in [5.41, 5.74) is 3.69. The van der Waals surface area contributed by atoms with E-state index in [2.05, 4.69) is 66.7 Å². The van der Waals surface area contributed by atoms with Crippen molar-refractivity contribution in [1.29, 1.82) is 0 Å². The van der Waals surface area contributed by atoms with Crippen LogP contribution in [0.1, 0.15) is 11.5 Å². The summed E-state index contributed by atoms with van der Waals surface area (Å²) in [5.74, 6) is 1.17. The normalized spacial score (nSPS) is 19.1. The van der Waals surface area contributed by atoms with Crippen LogP contribution in [0.3, 0.4) is 0 Å². The minimum atomic E-state index is -0.0708. The number of hydrogen-bond donors (Lipinski definition) is 0. The highest BCUT2D eigenvalue weighted by Crippen LogP contribution is 2.31. The van der Waals surface area contributed by atoms with Crippen molar-refractivity contribution in [3.63, 3.8) is 0 Å². The fraction of sp³-hybridized carbons (Fsp3) is 0.200. The largest absolute Gasteiger partial charge is 0.462 e. The quantitative estimate of drug-likeness (QED) is 0.347. The maximum atomic E-state index is 5.71. The fourth-order valence-corrected chi connectivity index (χ4v) is 3.93. The van der Waals surface area contributed by atoms with E-state index in [1.807, 2.05) is 6.07 Å². The first-order valence-corrected chi connectivity index (χ1v) is 9.92. The minimum Gasteiger partial charge on any atom is -0.462 e. The highest BCUT2D eigenvalue weighted by molar-refractivity contribution is 5.92. The zero-order valence-corrected chi connectivity index (χ0v) is 15.8. The molecule has 144 valence electrons. The van der Waals surface area contributed by atoms with Crippen LogP contribution in [-0.4, -0.2) is 26.1 Å². The van der Waals surface area contributed by atoms with Crippen molar-refractivity contribution in [3.8, 4) is 16.9 Å². The molecule has 0 spiro atoms. The Balaban J connectivity index is 1.32. The number of fused-ring (bicyclic) bond motifs is 2. The number of benzene rings is 4. The molecule has 6 rings (SSSR count). The van der Waals surface area contributed by atoms with Crippen molar-refractivity contribution in [2.45, 2.75) is 12.2 Å². The van der Waals surface area contributed by atoms with E-state index in [1.165, 1.54) is 38.2 Å². The zero-order chi connectivity index (χ0) is 19.2. The second-order valence-corrected chi connectivity index (χ2v) is 7.69. The second-order valence-electron chi connectivity index (χ2n) is 7.69. The van der Waals surface area contributed by atoms with Crippen LogP contribution in [0.5, 0.6) is 5.75 Å². The highest BCUT2D eigenvalue weighted by atomic mass is 17.2. The maximum absolute atomic E-state index is 5.71. The Kier molecular flexibility index (Phi) is 4.01. The molecule has 0 aliphatic carbocycles. The van der Waals surface area contributed by atoms with Gasteiger partial charge in [0.25, 0.3) is 0 Å². The molecule has 4 aromatic rings. The Bertz CT molecular complexity index is 1210. The average molecular weight is 384 g/mol. The highest BCUT2D eigenvalue weighted by Gasteiger charge is 2.24. The summed E-state index contributed by atoms with van der Waals surface area (Å²) < 4.78 is 10.8. The van der Waals surface area contributed by atoms with Crippen LogP contribution in [0.15, 0.2) is 72.8 Å². The predicted molar refractivity (Wildman–Crippen MR) is 112 cm³/mol. The van der Waals surface area contributed by atoms with E-state index in [4.69, 9.17) is 19.2 Å². The molecule has 0 bridgehead atoms. The summed E-state index contributed by atoms with van der Waals surface area (Å²) in [7, 11) is 0. The average Bonchev–Trinajstić information content (AvgIpc) is 3.40. The van der Waals surface area contributed by atoms with Crippen LogP contribution in [0, 0.1) is 0 Å². The van der Waals surface area contributed by atoms with Gasteiger partial charge in [-0.1, -0.05) is 48.5 Å². The van der Waals surface area contributed by atoms with Crippen LogP contribution < -0.4 is 4.74 Å². The van der Waals surface area contributed by atoms with Crippen LogP contribution in [0.25, 0.3) is 32.7 Å². The lowest BCUT2D eigenvalue weighted by Gasteiger charge is -2.10. The number of ether oxygens (including phenoxy) is 2. The van der Waals surface area contributed by atoms with Gasteiger partial charge >= 0.3 is 0 Å². The van der Waals surface area contributed by atoms with Gasteiger partial charge in [-0.3, -0.25) is 0 Å². The lowest BCUT2D eigenvalue weighted by molar-refractivity contribution is -0.248.